The fourth-order valence-electron chi connectivity index (χ4n) is 2.29. The van der Waals surface area contributed by atoms with Crippen molar-refractivity contribution in [2.24, 2.45) is 0 Å². The van der Waals surface area contributed by atoms with Crippen molar-refractivity contribution in [3.05, 3.63) is 39.2 Å². The molecule has 7 nitrogen and oxygen atoms in total. The van der Waals surface area contributed by atoms with Crippen LogP contribution < -0.4 is 11.2 Å². The average Bonchev–Trinajstić information content (AvgIpc) is 2.85. The molecule has 2 heterocycles. The highest BCUT2D eigenvalue weighted by Gasteiger charge is 2.35. The van der Waals surface area contributed by atoms with Crippen LogP contribution in [0.25, 0.3) is 5.57 Å². The van der Waals surface area contributed by atoms with Crippen LogP contribution in [0.5, 0.6) is 0 Å². The van der Waals surface area contributed by atoms with E-state index in [2.05, 4.69) is 42.7 Å². The van der Waals surface area contributed by atoms with E-state index in [1.807, 2.05) is 0 Å². The number of allylic oxidation sites excluding steroid dienone is 1. The summed E-state index contributed by atoms with van der Waals surface area (Å²) in [5.41, 5.74) is 2.41. The van der Waals surface area contributed by atoms with Gasteiger partial charge >= 0.3 is 5.69 Å². The highest BCUT2D eigenvalue weighted by Crippen LogP contribution is 2.27. The third kappa shape index (κ3) is 4.13. The molecule has 2 rings (SSSR count). The van der Waals surface area contributed by atoms with Crippen molar-refractivity contribution in [3.8, 4) is 11.5 Å². The zero-order chi connectivity index (χ0) is 18.1. The standard InChI is InChI=1S/C16H22N2O5Si/c1-10(5-6-24(2,3)4)11-8-18(16(22)17-15(11)21)14-7-12(20)13(9-19)23-14/h8,12-14,19-20H,1,7,9H2,2-4H3,(H,17,21,22)/t12-,13+,14+/m0/s1. The molecule has 8 heteroatoms. The van der Waals surface area contributed by atoms with Gasteiger partial charge in [0.1, 0.15) is 20.4 Å². The Labute approximate surface area is 140 Å². The summed E-state index contributed by atoms with van der Waals surface area (Å²) in [6, 6.07) is 0. The van der Waals surface area contributed by atoms with Crippen molar-refractivity contribution in [2.75, 3.05) is 6.61 Å². The first-order valence-electron chi connectivity index (χ1n) is 7.64. The first-order chi connectivity index (χ1) is 11.1. The molecule has 3 atom stereocenters. The number of ether oxygens (including phenoxy) is 1. The first kappa shape index (κ1) is 18.4. The second-order valence-electron chi connectivity index (χ2n) is 6.80. The Bertz CT molecular complexity index is 809. The molecule has 0 radical (unpaired) electrons. The molecule has 1 aliphatic heterocycles. The smallest absolute Gasteiger partial charge is 0.330 e. The van der Waals surface area contributed by atoms with Crippen molar-refractivity contribution < 1.29 is 14.9 Å². The Morgan fingerprint density at radius 2 is 2.17 bits per heavy atom. The maximum atomic E-state index is 12.0. The van der Waals surface area contributed by atoms with Crippen LogP contribution in [0.4, 0.5) is 0 Å². The minimum absolute atomic E-state index is 0.143. The topological polar surface area (TPSA) is 105 Å². The number of aliphatic hydroxyl groups excluding tert-OH is 2. The average molecular weight is 350 g/mol. The lowest BCUT2D eigenvalue weighted by atomic mass is 10.1. The number of H-pyrrole nitrogens is 1. The molecule has 1 aromatic heterocycles. The van der Waals surface area contributed by atoms with Crippen molar-refractivity contribution in [3.63, 3.8) is 0 Å². The van der Waals surface area contributed by atoms with Gasteiger partial charge in [-0.2, -0.15) is 0 Å². The Morgan fingerprint density at radius 1 is 1.50 bits per heavy atom. The Hall–Kier alpha value is -1.92. The summed E-state index contributed by atoms with van der Waals surface area (Å²) in [7, 11) is -1.63. The Balaban J connectivity index is 2.39. The van der Waals surface area contributed by atoms with Gasteiger partial charge in [-0.05, 0) is 0 Å². The van der Waals surface area contributed by atoms with E-state index in [9.17, 15) is 14.7 Å². The number of nitrogens with zero attached hydrogens (tertiary/aromatic N) is 1. The zero-order valence-corrected chi connectivity index (χ0v) is 15.0. The number of aliphatic hydroxyl groups is 2. The van der Waals surface area contributed by atoms with Gasteiger partial charge in [-0.1, -0.05) is 32.1 Å². The van der Waals surface area contributed by atoms with Crippen LogP contribution in [-0.2, 0) is 4.74 Å². The van der Waals surface area contributed by atoms with Crippen LogP contribution in [0.1, 0.15) is 18.2 Å². The number of rotatable bonds is 3. The molecule has 3 N–H and O–H groups in total. The summed E-state index contributed by atoms with van der Waals surface area (Å²) in [5.74, 6) is 2.90. The third-order valence-corrected chi connectivity index (χ3v) is 4.45. The molecule has 1 saturated heterocycles. The molecule has 130 valence electrons. The van der Waals surface area contributed by atoms with Crippen LogP contribution in [0.3, 0.4) is 0 Å². The molecule has 24 heavy (non-hydrogen) atoms. The fraction of sp³-hybridized carbons (Fsp3) is 0.500. The van der Waals surface area contributed by atoms with Gasteiger partial charge in [0.2, 0.25) is 0 Å². The van der Waals surface area contributed by atoms with Crippen LogP contribution in [0.2, 0.25) is 19.6 Å². The number of hydrogen-bond acceptors (Lipinski definition) is 5. The van der Waals surface area contributed by atoms with E-state index in [1.54, 1.807) is 0 Å². The van der Waals surface area contributed by atoms with Crippen LogP contribution in [-0.4, -0.2) is 46.7 Å². The molecule has 0 amide bonds. The maximum Gasteiger partial charge on any atom is 0.330 e. The lowest BCUT2D eigenvalue weighted by molar-refractivity contribution is -0.0459. The highest BCUT2D eigenvalue weighted by molar-refractivity contribution is 6.84. The number of aromatic amines is 1. The third-order valence-electron chi connectivity index (χ3n) is 3.58. The summed E-state index contributed by atoms with van der Waals surface area (Å²) in [6.45, 7) is 9.68. The molecule has 1 aromatic rings. The minimum atomic E-state index is -1.63. The van der Waals surface area contributed by atoms with Gasteiger partial charge in [-0.25, -0.2) is 4.79 Å². The lowest BCUT2D eigenvalue weighted by Crippen LogP contribution is -2.34. The minimum Gasteiger partial charge on any atom is -0.394 e. The summed E-state index contributed by atoms with van der Waals surface area (Å²) < 4.78 is 6.65. The van der Waals surface area contributed by atoms with E-state index >= 15 is 0 Å². The van der Waals surface area contributed by atoms with Crippen LogP contribution in [0.15, 0.2) is 22.4 Å². The molecule has 0 bridgehead atoms. The summed E-state index contributed by atoms with van der Waals surface area (Å²) >= 11 is 0. The molecule has 0 unspecified atom stereocenters. The monoisotopic (exact) mass is 350 g/mol. The lowest BCUT2D eigenvalue weighted by Gasteiger charge is -2.15. The highest BCUT2D eigenvalue weighted by atomic mass is 28.3. The second-order valence-corrected chi connectivity index (χ2v) is 11.6. The van der Waals surface area contributed by atoms with Crippen molar-refractivity contribution in [1.82, 2.24) is 9.55 Å². The van der Waals surface area contributed by atoms with Gasteiger partial charge in [0.25, 0.3) is 5.56 Å². The van der Waals surface area contributed by atoms with Gasteiger partial charge in [0, 0.05) is 18.2 Å². The van der Waals surface area contributed by atoms with Crippen molar-refractivity contribution in [1.29, 1.82) is 0 Å². The Kier molecular flexibility index (Phi) is 5.30. The molecule has 0 saturated carbocycles. The van der Waals surface area contributed by atoms with Gasteiger partial charge in [-0.15, -0.1) is 5.54 Å². The summed E-state index contributed by atoms with van der Waals surface area (Å²) in [5, 5.41) is 19.0. The van der Waals surface area contributed by atoms with Gasteiger partial charge in [0.15, 0.2) is 0 Å². The van der Waals surface area contributed by atoms with E-state index in [4.69, 9.17) is 9.84 Å². The van der Waals surface area contributed by atoms with Crippen molar-refractivity contribution in [2.45, 2.75) is 44.5 Å². The van der Waals surface area contributed by atoms with E-state index in [0.29, 0.717) is 5.57 Å². The van der Waals surface area contributed by atoms with Gasteiger partial charge in [-0.3, -0.25) is 14.3 Å². The number of aromatic nitrogens is 2. The van der Waals surface area contributed by atoms with Gasteiger partial charge in [0.05, 0.1) is 18.3 Å². The van der Waals surface area contributed by atoms with E-state index in [0.717, 1.165) is 0 Å². The predicted octanol–water partition coefficient (Wildman–Crippen LogP) is 0.0713. The Morgan fingerprint density at radius 3 is 2.71 bits per heavy atom. The fourth-order valence-corrected chi connectivity index (χ4v) is 2.82. The predicted molar refractivity (Wildman–Crippen MR) is 93.1 cm³/mol. The molecular weight excluding hydrogens is 328 g/mol. The largest absolute Gasteiger partial charge is 0.394 e. The summed E-state index contributed by atoms with van der Waals surface area (Å²) in [6.07, 6.45) is -0.911. The van der Waals surface area contributed by atoms with Crippen molar-refractivity contribution >= 4 is 13.6 Å². The SMILES string of the molecule is C=C(C#C[Si](C)(C)C)c1cn([C@H]2C[C@H](O)[C@@H](CO)O2)c(=O)[nH]c1=O. The number of hydrogen-bond donors (Lipinski definition) is 3. The van der Waals surface area contributed by atoms with E-state index < -0.39 is 37.8 Å². The van der Waals surface area contributed by atoms with Crippen LogP contribution in [0, 0.1) is 11.5 Å². The molecule has 1 fully saturated rings. The van der Waals surface area contributed by atoms with Crippen LogP contribution >= 0.6 is 0 Å². The molecule has 0 spiro atoms. The normalized spacial score (nSPS) is 23.6. The summed E-state index contributed by atoms with van der Waals surface area (Å²) in [4.78, 5) is 26.3. The molecule has 1 aliphatic rings. The van der Waals surface area contributed by atoms with Gasteiger partial charge < -0.3 is 14.9 Å². The quantitative estimate of drug-likeness (QED) is 0.529. The maximum absolute atomic E-state index is 12.0. The number of nitrogens with one attached hydrogen (secondary N) is 1. The molecule has 0 aromatic carbocycles. The molecular formula is C16H22N2O5Si. The molecule has 0 aliphatic carbocycles. The zero-order valence-electron chi connectivity index (χ0n) is 14.0. The van der Waals surface area contributed by atoms with E-state index in [-0.39, 0.29) is 18.6 Å². The first-order valence-corrected chi connectivity index (χ1v) is 11.1. The van der Waals surface area contributed by atoms with E-state index in [1.165, 1.54) is 10.8 Å². The second kappa shape index (κ2) is 6.90.